The number of nitrogens with one attached hydrogen (secondary N) is 1. The molecule has 7 nitrogen and oxygen atoms in total. The molecule has 152 valence electrons. The highest BCUT2D eigenvalue weighted by atomic mass is 16.2. The van der Waals surface area contributed by atoms with Gasteiger partial charge < -0.3 is 14.7 Å². The number of carbonyl (C=O) groups is 2. The Balaban J connectivity index is 1.69. The lowest BCUT2D eigenvalue weighted by atomic mass is 9.99. The number of piperidine rings is 1. The van der Waals surface area contributed by atoms with E-state index in [0.717, 1.165) is 50.8 Å². The van der Waals surface area contributed by atoms with Crippen molar-refractivity contribution in [3.8, 4) is 0 Å². The van der Waals surface area contributed by atoms with Crippen molar-refractivity contribution in [3.05, 3.63) is 0 Å². The van der Waals surface area contributed by atoms with Crippen molar-refractivity contribution in [1.29, 1.82) is 0 Å². The Morgan fingerprint density at radius 3 is 2.44 bits per heavy atom. The molecule has 3 rings (SSSR count). The van der Waals surface area contributed by atoms with Crippen LogP contribution in [0.15, 0.2) is 4.99 Å². The molecule has 0 aromatic rings. The summed E-state index contributed by atoms with van der Waals surface area (Å²) in [6, 6.07) is -0.740. The minimum absolute atomic E-state index is 0.210. The first-order chi connectivity index (χ1) is 13.0. The summed E-state index contributed by atoms with van der Waals surface area (Å²) in [6.45, 7) is 7.30. The molecule has 2 fully saturated rings. The highest BCUT2D eigenvalue weighted by Crippen LogP contribution is 2.28. The Bertz CT molecular complexity index is 571. The number of fused-ring (bicyclic) bond motifs is 1. The topological polar surface area (TPSA) is 68.2 Å². The van der Waals surface area contributed by atoms with Crippen LogP contribution in [0.2, 0.25) is 0 Å². The normalized spacial score (nSPS) is 26.3. The van der Waals surface area contributed by atoms with Crippen LogP contribution in [0, 0.1) is 5.92 Å². The van der Waals surface area contributed by atoms with E-state index in [4.69, 9.17) is 4.99 Å². The van der Waals surface area contributed by atoms with Crippen LogP contribution in [0.1, 0.15) is 65.2 Å². The SMILES string of the molecule is CCCCCCCCN1C(N2CCC(C)CC2)=NC2C1C(=O)NC(=O)N2C. The van der Waals surface area contributed by atoms with Crippen LogP contribution < -0.4 is 5.32 Å². The van der Waals surface area contributed by atoms with Crippen molar-refractivity contribution in [2.45, 2.75) is 77.4 Å². The van der Waals surface area contributed by atoms with Crippen LogP contribution >= 0.6 is 0 Å². The molecule has 0 aromatic heterocycles. The van der Waals surface area contributed by atoms with Gasteiger partial charge in [0.2, 0.25) is 0 Å². The van der Waals surface area contributed by atoms with Gasteiger partial charge >= 0.3 is 6.03 Å². The van der Waals surface area contributed by atoms with Crippen molar-refractivity contribution >= 4 is 17.9 Å². The Kier molecular flexibility index (Phi) is 6.60. The first kappa shape index (κ1) is 20.0. The Morgan fingerprint density at radius 1 is 1.07 bits per heavy atom. The molecule has 0 radical (unpaired) electrons. The molecule has 0 aromatic carbocycles. The van der Waals surface area contributed by atoms with E-state index in [2.05, 4.69) is 29.0 Å². The Labute approximate surface area is 163 Å². The second kappa shape index (κ2) is 8.93. The van der Waals surface area contributed by atoms with Gasteiger partial charge in [0.1, 0.15) is 0 Å². The summed E-state index contributed by atoms with van der Waals surface area (Å²) in [5.41, 5.74) is 0. The van der Waals surface area contributed by atoms with Gasteiger partial charge in [-0.2, -0.15) is 0 Å². The minimum Gasteiger partial charge on any atom is -0.343 e. The fourth-order valence-corrected chi connectivity index (χ4v) is 4.28. The van der Waals surface area contributed by atoms with E-state index in [-0.39, 0.29) is 11.9 Å². The van der Waals surface area contributed by atoms with E-state index in [1.807, 2.05) is 0 Å². The van der Waals surface area contributed by atoms with Crippen LogP contribution in [0.4, 0.5) is 4.79 Å². The number of guanidine groups is 1. The Hall–Kier alpha value is -1.79. The third-order valence-electron chi connectivity index (χ3n) is 6.16. The maximum atomic E-state index is 12.6. The molecular formula is C20H35N5O2. The van der Waals surface area contributed by atoms with Crippen molar-refractivity contribution in [1.82, 2.24) is 20.0 Å². The number of amides is 3. The number of likely N-dealkylation sites (tertiary alicyclic amines) is 1. The lowest BCUT2D eigenvalue weighted by Crippen LogP contribution is -2.64. The molecule has 27 heavy (non-hydrogen) atoms. The molecule has 3 aliphatic heterocycles. The number of hydrogen-bond donors (Lipinski definition) is 1. The van der Waals surface area contributed by atoms with Gasteiger partial charge in [0.05, 0.1) is 0 Å². The van der Waals surface area contributed by atoms with E-state index in [0.29, 0.717) is 0 Å². The number of rotatable bonds is 7. The highest BCUT2D eigenvalue weighted by molar-refractivity contribution is 6.03. The van der Waals surface area contributed by atoms with Gasteiger partial charge in [-0.15, -0.1) is 0 Å². The average Bonchev–Trinajstić information content (AvgIpc) is 3.03. The van der Waals surface area contributed by atoms with Gasteiger partial charge in [0, 0.05) is 26.7 Å². The average molecular weight is 378 g/mol. The molecule has 0 saturated carbocycles. The quantitative estimate of drug-likeness (QED) is 0.693. The maximum Gasteiger partial charge on any atom is 0.325 e. The highest BCUT2D eigenvalue weighted by Gasteiger charge is 2.49. The Morgan fingerprint density at radius 2 is 1.74 bits per heavy atom. The molecule has 0 aliphatic carbocycles. The number of carbonyl (C=O) groups excluding carboxylic acids is 2. The number of likely N-dealkylation sites (N-methyl/N-ethyl adjacent to an activating group) is 1. The van der Waals surface area contributed by atoms with Crippen molar-refractivity contribution in [2.75, 3.05) is 26.7 Å². The summed E-state index contributed by atoms with van der Waals surface area (Å²) in [6.07, 6.45) is 9.21. The molecule has 2 unspecified atom stereocenters. The largest absolute Gasteiger partial charge is 0.343 e. The molecule has 0 spiro atoms. The zero-order valence-electron chi connectivity index (χ0n) is 17.1. The van der Waals surface area contributed by atoms with Crippen LogP contribution in [-0.2, 0) is 4.79 Å². The summed E-state index contributed by atoms with van der Waals surface area (Å²) in [4.78, 5) is 35.6. The minimum atomic E-state index is -0.402. The molecule has 3 amide bonds. The third kappa shape index (κ3) is 4.38. The third-order valence-corrected chi connectivity index (χ3v) is 6.16. The molecule has 7 heteroatoms. The van der Waals surface area contributed by atoms with Crippen molar-refractivity contribution < 1.29 is 9.59 Å². The van der Waals surface area contributed by atoms with E-state index in [1.165, 1.54) is 32.1 Å². The zero-order valence-corrected chi connectivity index (χ0v) is 17.1. The standard InChI is InChI=1S/C20H35N5O2/c1-4-5-6-7-8-9-12-25-16-17(23(3)20(27)22-18(16)26)21-19(25)24-13-10-15(2)11-14-24/h15-17H,4-14H2,1-3H3,(H,22,26,27). The second-order valence-electron chi connectivity index (χ2n) is 8.32. The number of nitrogens with zero attached hydrogens (tertiary/aromatic N) is 4. The molecule has 3 aliphatic rings. The molecule has 3 heterocycles. The van der Waals surface area contributed by atoms with Crippen LogP contribution in [0.25, 0.3) is 0 Å². The van der Waals surface area contributed by atoms with Gasteiger partial charge in [-0.3, -0.25) is 10.1 Å². The summed E-state index contributed by atoms with van der Waals surface area (Å²) in [7, 11) is 1.73. The molecule has 1 N–H and O–H groups in total. The molecule has 0 bridgehead atoms. The molecule has 2 saturated heterocycles. The summed E-state index contributed by atoms with van der Waals surface area (Å²) < 4.78 is 0. The number of hydrogen-bond acceptors (Lipinski definition) is 5. The predicted octanol–water partition coefficient (Wildman–Crippen LogP) is 2.63. The van der Waals surface area contributed by atoms with Gasteiger partial charge in [-0.25, -0.2) is 9.79 Å². The van der Waals surface area contributed by atoms with Crippen LogP contribution in [0.5, 0.6) is 0 Å². The number of urea groups is 1. The maximum absolute atomic E-state index is 12.6. The first-order valence-corrected chi connectivity index (χ1v) is 10.7. The lowest BCUT2D eigenvalue weighted by molar-refractivity contribution is -0.127. The van der Waals surface area contributed by atoms with Crippen molar-refractivity contribution in [3.63, 3.8) is 0 Å². The molecular weight excluding hydrogens is 342 g/mol. The van der Waals surface area contributed by atoms with E-state index in [9.17, 15) is 9.59 Å². The van der Waals surface area contributed by atoms with Gasteiger partial charge in [0.25, 0.3) is 5.91 Å². The van der Waals surface area contributed by atoms with Gasteiger partial charge in [0.15, 0.2) is 18.2 Å². The summed E-state index contributed by atoms with van der Waals surface area (Å²) in [5, 5.41) is 2.49. The fourth-order valence-electron chi connectivity index (χ4n) is 4.28. The monoisotopic (exact) mass is 377 g/mol. The zero-order chi connectivity index (χ0) is 19.4. The van der Waals surface area contributed by atoms with Crippen LogP contribution in [-0.4, -0.2) is 71.5 Å². The number of aliphatic imine (C=N–C) groups is 1. The fraction of sp³-hybridized carbons (Fsp3) is 0.850. The lowest BCUT2D eigenvalue weighted by Gasteiger charge is -2.39. The van der Waals surface area contributed by atoms with Gasteiger partial charge in [-0.1, -0.05) is 46.0 Å². The smallest absolute Gasteiger partial charge is 0.325 e. The number of imide groups is 1. The van der Waals surface area contributed by atoms with E-state index >= 15 is 0 Å². The van der Waals surface area contributed by atoms with E-state index in [1.54, 1.807) is 11.9 Å². The van der Waals surface area contributed by atoms with Crippen LogP contribution in [0.3, 0.4) is 0 Å². The second-order valence-corrected chi connectivity index (χ2v) is 8.32. The first-order valence-electron chi connectivity index (χ1n) is 10.7. The van der Waals surface area contributed by atoms with Gasteiger partial charge in [-0.05, 0) is 25.2 Å². The summed E-state index contributed by atoms with van der Waals surface area (Å²) in [5.74, 6) is 1.45. The van der Waals surface area contributed by atoms with E-state index < -0.39 is 12.2 Å². The molecule has 2 atom stereocenters. The number of unbranched alkanes of at least 4 members (excludes halogenated alkanes) is 5. The van der Waals surface area contributed by atoms with Crippen molar-refractivity contribution in [2.24, 2.45) is 10.9 Å². The summed E-state index contributed by atoms with van der Waals surface area (Å²) >= 11 is 0. The predicted molar refractivity (Wildman–Crippen MR) is 106 cm³/mol.